The number of nitrogens with zero attached hydrogens (tertiary/aromatic N) is 1. The SMILES string of the molecule is CCN1CCCC(C/C=C\C(=O)O)C1. The molecule has 0 aliphatic carbocycles. The van der Waals surface area contributed by atoms with Crippen molar-refractivity contribution in [3.05, 3.63) is 12.2 Å². The van der Waals surface area contributed by atoms with E-state index in [2.05, 4.69) is 11.8 Å². The molecule has 1 rings (SSSR count). The Morgan fingerprint density at radius 1 is 1.64 bits per heavy atom. The van der Waals surface area contributed by atoms with Gasteiger partial charge in [-0.15, -0.1) is 0 Å². The van der Waals surface area contributed by atoms with Gasteiger partial charge in [0.25, 0.3) is 0 Å². The molecular weight excluding hydrogens is 178 g/mol. The van der Waals surface area contributed by atoms with Crippen LogP contribution < -0.4 is 0 Å². The topological polar surface area (TPSA) is 40.5 Å². The van der Waals surface area contributed by atoms with Gasteiger partial charge in [-0.05, 0) is 38.3 Å². The maximum Gasteiger partial charge on any atom is 0.327 e. The van der Waals surface area contributed by atoms with E-state index in [0.717, 1.165) is 19.5 Å². The lowest BCUT2D eigenvalue weighted by Gasteiger charge is -2.31. The first-order chi connectivity index (χ1) is 6.72. The monoisotopic (exact) mass is 197 g/mol. The maximum absolute atomic E-state index is 10.3. The average Bonchev–Trinajstić information content (AvgIpc) is 2.18. The van der Waals surface area contributed by atoms with Gasteiger partial charge in [0, 0.05) is 12.6 Å². The molecule has 0 radical (unpaired) electrons. The lowest BCUT2D eigenvalue weighted by molar-refractivity contribution is -0.131. The summed E-state index contributed by atoms with van der Waals surface area (Å²) in [6, 6.07) is 0. The molecule has 0 amide bonds. The fourth-order valence-electron chi connectivity index (χ4n) is 1.99. The van der Waals surface area contributed by atoms with Gasteiger partial charge in [-0.1, -0.05) is 13.0 Å². The van der Waals surface area contributed by atoms with Gasteiger partial charge in [-0.25, -0.2) is 4.79 Å². The molecule has 1 atom stereocenters. The minimum absolute atomic E-state index is 0.652. The van der Waals surface area contributed by atoms with E-state index in [9.17, 15) is 4.79 Å². The first-order valence-corrected chi connectivity index (χ1v) is 5.34. The first-order valence-electron chi connectivity index (χ1n) is 5.34. The highest BCUT2D eigenvalue weighted by Crippen LogP contribution is 2.19. The third-order valence-electron chi connectivity index (χ3n) is 2.78. The number of likely N-dealkylation sites (tertiary alicyclic amines) is 1. The quantitative estimate of drug-likeness (QED) is 0.698. The van der Waals surface area contributed by atoms with Crippen LogP contribution in [0.5, 0.6) is 0 Å². The fraction of sp³-hybridized carbons (Fsp3) is 0.727. The molecule has 0 bridgehead atoms. The van der Waals surface area contributed by atoms with Crippen molar-refractivity contribution in [3.8, 4) is 0 Å². The van der Waals surface area contributed by atoms with Gasteiger partial charge in [-0.2, -0.15) is 0 Å². The molecule has 1 fully saturated rings. The Hall–Kier alpha value is -0.830. The predicted molar refractivity (Wildman–Crippen MR) is 56.2 cm³/mol. The molecule has 1 N–H and O–H groups in total. The van der Waals surface area contributed by atoms with Crippen molar-refractivity contribution in [2.75, 3.05) is 19.6 Å². The summed E-state index contributed by atoms with van der Waals surface area (Å²) in [6.45, 7) is 5.62. The van der Waals surface area contributed by atoms with E-state index in [-0.39, 0.29) is 0 Å². The maximum atomic E-state index is 10.3. The minimum atomic E-state index is -0.840. The second-order valence-corrected chi connectivity index (χ2v) is 3.88. The van der Waals surface area contributed by atoms with E-state index in [1.807, 2.05) is 0 Å². The van der Waals surface area contributed by atoms with E-state index in [1.54, 1.807) is 6.08 Å². The Kier molecular flexibility index (Phi) is 4.66. The average molecular weight is 197 g/mol. The molecule has 1 aliphatic rings. The second kappa shape index (κ2) is 5.81. The number of carboxylic acids is 1. The van der Waals surface area contributed by atoms with E-state index in [1.165, 1.54) is 25.5 Å². The summed E-state index contributed by atoms with van der Waals surface area (Å²) in [5, 5.41) is 8.44. The summed E-state index contributed by atoms with van der Waals surface area (Å²) < 4.78 is 0. The van der Waals surface area contributed by atoms with Crippen molar-refractivity contribution in [3.63, 3.8) is 0 Å². The number of aliphatic carboxylic acids is 1. The third-order valence-corrected chi connectivity index (χ3v) is 2.78. The van der Waals surface area contributed by atoms with Crippen LogP contribution in [0, 0.1) is 5.92 Å². The number of carbonyl (C=O) groups is 1. The highest BCUT2D eigenvalue weighted by molar-refractivity contribution is 5.79. The molecule has 0 aromatic rings. The molecule has 0 aromatic carbocycles. The molecule has 0 aromatic heterocycles. The van der Waals surface area contributed by atoms with Crippen molar-refractivity contribution >= 4 is 5.97 Å². The Morgan fingerprint density at radius 2 is 2.43 bits per heavy atom. The zero-order valence-corrected chi connectivity index (χ0v) is 8.78. The van der Waals surface area contributed by atoms with Gasteiger partial charge < -0.3 is 10.0 Å². The zero-order valence-electron chi connectivity index (χ0n) is 8.78. The number of allylic oxidation sites excluding steroid dienone is 1. The van der Waals surface area contributed by atoms with Crippen LogP contribution in [0.25, 0.3) is 0 Å². The molecule has 14 heavy (non-hydrogen) atoms. The number of hydrogen-bond donors (Lipinski definition) is 1. The predicted octanol–water partition coefficient (Wildman–Crippen LogP) is 1.75. The van der Waals surface area contributed by atoms with Gasteiger partial charge in [0.1, 0.15) is 0 Å². The van der Waals surface area contributed by atoms with E-state index in [0.29, 0.717) is 5.92 Å². The summed E-state index contributed by atoms with van der Waals surface area (Å²) >= 11 is 0. The van der Waals surface area contributed by atoms with Crippen LogP contribution >= 0.6 is 0 Å². The van der Waals surface area contributed by atoms with Crippen LogP contribution in [0.15, 0.2) is 12.2 Å². The van der Waals surface area contributed by atoms with Gasteiger partial charge in [0.2, 0.25) is 0 Å². The van der Waals surface area contributed by atoms with Crippen molar-refractivity contribution in [1.29, 1.82) is 0 Å². The summed E-state index contributed by atoms with van der Waals surface area (Å²) in [5.41, 5.74) is 0. The van der Waals surface area contributed by atoms with Crippen LogP contribution in [0.1, 0.15) is 26.2 Å². The summed E-state index contributed by atoms with van der Waals surface area (Å²) in [6.07, 6.45) is 6.43. The smallest absolute Gasteiger partial charge is 0.327 e. The molecule has 3 nitrogen and oxygen atoms in total. The van der Waals surface area contributed by atoms with Crippen LogP contribution in [0.4, 0.5) is 0 Å². The highest BCUT2D eigenvalue weighted by Gasteiger charge is 2.17. The standard InChI is InChI=1S/C11H19NO2/c1-2-12-8-4-6-10(9-12)5-3-7-11(13)14/h3,7,10H,2,4-6,8-9H2,1H3,(H,13,14)/b7-3-. The van der Waals surface area contributed by atoms with E-state index in [4.69, 9.17) is 5.11 Å². The van der Waals surface area contributed by atoms with Crippen LogP contribution in [0.2, 0.25) is 0 Å². The second-order valence-electron chi connectivity index (χ2n) is 3.88. The van der Waals surface area contributed by atoms with Crippen LogP contribution in [-0.2, 0) is 4.79 Å². The number of rotatable bonds is 4. The first kappa shape index (κ1) is 11.2. The van der Waals surface area contributed by atoms with Crippen LogP contribution in [-0.4, -0.2) is 35.6 Å². The summed E-state index contributed by atoms with van der Waals surface area (Å²) in [4.78, 5) is 12.7. The van der Waals surface area contributed by atoms with Crippen molar-refractivity contribution in [2.24, 2.45) is 5.92 Å². The minimum Gasteiger partial charge on any atom is -0.478 e. The van der Waals surface area contributed by atoms with Crippen LogP contribution in [0.3, 0.4) is 0 Å². The van der Waals surface area contributed by atoms with Gasteiger partial charge in [0.15, 0.2) is 0 Å². The number of carboxylic acid groups (broad SMARTS) is 1. The Morgan fingerprint density at radius 3 is 3.07 bits per heavy atom. The van der Waals surface area contributed by atoms with Gasteiger partial charge in [-0.3, -0.25) is 0 Å². The Bertz CT molecular complexity index is 213. The molecular formula is C11H19NO2. The largest absolute Gasteiger partial charge is 0.478 e. The third kappa shape index (κ3) is 3.92. The highest BCUT2D eigenvalue weighted by atomic mass is 16.4. The number of piperidine rings is 1. The van der Waals surface area contributed by atoms with Gasteiger partial charge >= 0.3 is 5.97 Å². The molecule has 80 valence electrons. The Balaban J connectivity index is 2.27. The number of hydrogen-bond acceptors (Lipinski definition) is 2. The molecule has 1 saturated heterocycles. The molecule has 3 heteroatoms. The molecule has 1 aliphatic heterocycles. The molecule has 1 heterocycles. The Labute approximate surface area is 85.4 Å². The molecule has 1 unspecified atom stereocenters. The summed E-state index contributed by atoms with van der Waals surface area (Å²) in [5.74, 6) is -0.188. The fourth-order valence-corrected chi connectivity index (χ4v) is 1.99. The lowest BCUT2D eigenvalue weighted by atomic mass is 9.95. The van der Waals surface area contributed by atoms with Crippen molar-refractivity contribution in [1.82, 2.24) is 4.90 Å². The summed E-state index contributed by atoms with van der Waals surface area (Å²) in [7, 11) is 0. The molecule has 0 spiro atoms. The van der Waals surface area contributed by atoms with E-state index >= 15 is 0 Å². The van der Waals surface area contributed by atoms with Crippen molar-refractivity contribution < 1.29 is 9.90 Å². The lowest BCUT2D eigenvalue weighted by Crippen LogP contribution is -2.34. The zero-order chi connectivity index (χ0) is 10.4. The van der Waals surface area contributed by atoms with Gasteiger partial charge in [0.05, 0.1) is 0 Å². The molecule has 0 saturated carbocycles. The normalized spacial score (nSPS) is 24.2. The van der Waals surface area contributed by atoms with E-state index < -0.39 is 5.97 Å². The van der Waals surface area contributed by atoms with Crippen molar-refractivity contribution in [2.45, 2.75) is 26.2 Å².